The Labute approximate surface area is 175 Å². The molecule has 8 heteroatoms. The van der Waals surface area contributed by atoms with Gasteiger partial charge in [-0.1, -0.05) is 23.7 Å². The summed E-state index contributed by atoms with van der Waals surface area (Å²) in [6, 6.07) is 13.0. The fourth-order valence-electron chi connectivity index (χ4n) is 3.57. The predicted molar refractivity (Wildman–Crippen MR) is 114 cm³/mol. The van der Waals surface area contributed by atoms with Gasteiger partial charge in [0, 0.05) is 43.9 Å². The van der Waals surface area contributed by atoms with Gasteiger partial charge in [-0.05, 0) is 37.4 Å². The molecule has 29 heavy (non-hydrogen) atoms. The van der Waals surface area contributed by atoms with Gasteiger partial charge < -0.3 is 19.3 Å². The molecule has 0 bridgehead atoms. The molecule has 0 unspecified atom stereocenters. The highest BCUT2D eigenvalue weighted by Gasteiger charge is 2.31. The molecule has 2 aliphatic heterocycles. The molecule has 0 atom stereocenters. The molecule has 7 nitrogen and oxygen atoms in total. The number of ether oxygens (including phenoxy) is 2. The fraction of sp³-hybridized carbons (Fsp3) is 0.333. The van der Waals surface area contributed by atoms with Crippen LogP contribution in [-0.2, 0) is 9.47 Å². The van der Waals surface area contributed by atoms with E-state index in [2.05, 4.69) is 16.8 Å². The number of fused-ring (bicyclic) bond motifs is 2. The van der Waals surface area contributed by atoms with Gasteiger partial charge in [0.2, 0.25) is 0 Å². The number of likely N-dealkylation sites (N-methyl/N-ethyl adjacent to an activating group) is 1. The predicted octanol–water partition coefficient (Wildman–Crippen LogP) is 3.86. The smallest absolute Gasteiger partial charge is 0.421 e. The first-order valence-corrected chi connectivity index (χ1v) is 9.83. The van der Waals surface area contributed by atoms with Crippen molar-refractivity contribution in [2.45, 2.75) is 0 Å². The van der Waals surface area contributed by atoms with E-state index in [4.69, 9.17) is 26.1 Å². The van der Waals surface area contributed by atoms with Crippen molar-refractivity contribution >= 4 is 40.6 Å². The average Bonchev–Trinajstić information content (AvgIpc) is 2.87. The van der Waals surface area contributed by atoms with Gasteiger partial charge in [0.15, 0.2) is 6.79 Å². The van der Waals surface area contributed by atoms with Gasteiger partial charge in [-0.15, -0.1) is 0 Å². The third-order valence-electron chi connectivity index (χ3n) is 5.08. The molecule has 0 radical (unpaired) electrons. The normalized spacial score (nSPS) is 16.6. The molecule has 0 N–H and O–H groups in total. The molecular weight excluding hydrogens is 392 g/mol. The minimum Gasteiger partial charge on any atom is -0.422 e. The molecule has 0 spiro atoms. The van der Waals surface area contributed by atoms with Crippen molar-refractivity contribution in [1.29, 1.82) is 0 Å². The molecule has 2 heterocycles. The summed E-state index contributed by atoms with van der Waals surface area (Å²) in [4.78, 5) is 24.0. The molecule has 1 fully saturated rings. The van der Waals surface area contributed by atoms with Crippen LogP contribution in [0.5, 0.6) is 0 Å². The van der Waals surface area contributed by atoms with Crippen LogP contribution in [0.25, 0.3) is 0 Å². The Morgan fingerprint density at radius 2 is 1.86 bits per heavy atom. The number of rotatable bonds is 2. The van der Waals surface area contributed by atoms with Crippen LogP contribution in [-0.4, -0.2) is 68.9 Å². The van der Waals surface area contributed by atoms with Gasteiger partial charge in [0.05, 0.1) is 17.1 Å². The first-order valence-electron chi connectivity index (χ1n) is 9.45. The Morgan fingerprint density at radius 3 is 2.62 bits per heavy atom. The van der Waals surface area contributed by atoms with E-state index in [1.165, 1.54) is 12.0 Å². The van der Waals surface area contributed by atoms with Crippen LogP contribution in [0, 0.1) is 0 Å². The molecule has 152 valence electrons. The van der Waals surface area contributed by atoms with Crippen LogP contribution in [0.2, 0.25) is 5.02 Å². The molecule has 2 aromatic carbocycles. The summed E-state index contributed by atoms with van der Waals surface area (Å²) < 4.78 is 10.2. The first-order chi connectivity index (χ1) is 14.1. The number of hydrogen-bond acceptors (Lipinski definition) is 6. The van der Waals surface area contributed by atoms with Crippen LogP contribution in [0.15, 0.2) is 47.5 Å². The maximum Gasteiger partial charge on any atom is 0.421 e. The standard InChI is InChI=1S/C21H23ClN4O3/c1-24-9-11-25(12-10-24)20-16-5-3-4-6-18(16)26(21(27)29-14-28-2)19-8-7-15(22)13-17(19)23-20/h3-8,13H,9-12,14H2,1-2H3. The number of benzene rings is 2. The third kappa shape index (κ3) is 3.94. The zero-order chi connectivity index (χ0) is 20.4. The topological polar surface area (TPSA) is 57.6 Å². The molecule has 1 saturated heterocycles. The summed E-state index contributed by atoms with van der Waals surface area (Å²) in [5, 5.41) is 0.557. The number of amidine groups is 1. The van der Waals surface area contributed by atoms with Crippen LogP contribution in [0.4, 0.5) is 21.9 Å². The van der Waals surface area contributed by atoms with E-state index < -0.39 is 6.09 Å². The van der Waals surface area contributed by atoms with Crippen molar-refractivity contribution in [3.8, 4) is 0 Å². The first kappa shape index (κ1) is 19.7. The van der Waals surface area contributed by atoms with Crippen LogP contribution >= 0.6 is 11.6 Å². The molecule has 2 aromatic rings. The molecule has 2 aliphatic rings. The second kappa shape index (κ2) is 8.41. The number of carbonyl (C=O) groups excluding carboxylic acids is 1. The molecule has 4 rings (SSSR count). The lowest BCUT2D eigenvalue weighted by molar-refractivity contribution is 0.0162. The highest BCUT2D eigenvalue weighted by molar-refractivity contribution is 6.31. The maximum atomic E-state index is 13.0. The van der Waals surface area contributed by atoms with Crippen LogP contribution in [0.3, 0.4) is 0 Å². The van der Waals surface area contributed by atoms with Gasteiger partial charge in [-0.2, -0.15) is 0 Å². The van der Waals surface area contributed by atoms with Crippen LogP contribution in [0.1, 0.15) is 5.56 Å². The van der Waals surface area contributed by atoms with E-state index in [0.717, 1.165) is 37.6 Å². The summed E-state index contributed by atoms with van der Waals surface area (Å²) >= 11 is 6.26. The second-order valence-electron chi connectivity index (χ2n) is 7.03. The van der Waals surface area contributed by atoms with Gasteiger partial charge >= 0.3 is 6.09 Å². The fourth-order valence-corrected chi connectivity index (χ4v) is 3.73. The van der Waals surface area contributed by atoms with Gasteiger partial charge in [-0.3, -0.25) is 0 Å². The van der Waals surface area contributed by atoms with Crippen LogP contribution < -0.4 is 4.90 Å². The van der Waals surface area contributed by atoms with Gasteiger partial charge in [0.1, 0.15) is 5.84 Å². The number of aliphatic imine (C=N–C) groups is 1. The van der Waals surface area contributed by atoms with E-state index in [1.807, 2.05) is 24.3 Å². The highest BCUT2D eigenvalue weighted by atomic mass is 35.5. The zero-order valence-electron chi connectivity index (χ0n) is 16.5. The van der Waals surface area contributed by atoms with Crippen molar-refractivity contribution in [1.82, 2.24) is 9.80 Å². The summed E-state index contributed by atoms with van der Waals surface area (Å²) in [5.41, 5.74) is 2.83. The van der Waals surface area contributed by atoms with E-state index >= 15 is 0 Å². The Morgan fingerprint density at radius 1 is 1.10 bits per heavy atom. The van der Waals surface area contributed by atoms with E-state index in [0.29, 0.717) is 22.1 Å². The minimum atomic E-state index is -0.530. The minimum absolute atomic E-state index is 0.132. The van der Waals surface area contributed by atoms with Crippen molar-refractivity contribution in [3.63, 3.8) is 0 Å². The number of hydrogen-bond donors (Lipinski definition) is 0. The zero-order valence-corrected chi connectivity index (χ0v) is 17.2. The Bertz CT molecular complexity index is 941. The number of anilines is 2. The maximum absolute atomic E-state index is 13.0. The third-order valence-corrected chi connectivity index (χ3v) is 5.31. The monoisotopic (exact) mass is 414 g/mol. The Hall–Kier alpha value is -2.61. The average molecular weight is 415 g/mol. The lowest BCUT2D eigenvalue weighted by Gasteiger charge is -2.35. The molecule has 0 aliphatic carbocycles. The molecule has 0 aromatic heterocycles. The van der Waals surface area contributed by atoms with Crippen molar-refractivity contribution < 1.29 is 14.3 Å². The molecular formula is C21H23ClN4O3. The number of amides is 1. The number of nitrogens with zero attached hydrogens (tertiary/aromatic N) is 4. The molecule has 1 amide bonds. The quantitative estimate of drug-likeness (QED) is 0.698. The number of piperazine rings is 1. The lowest BCUT2D eigenvalue weighted by atomic mass is 10.1. The second-order valence-corrected chi connectivity index (χ2v) is 7.46. The van der Waals surface area contributed by atoms with Crippen molar-refractivity contribution in [2.75, 3.05) is 52.0 Å². The van der Waals surface area contributed by atoms with E-state index in [9.17, 15) is 4.79 Å². The highest BCUT2D eigenvalue weighted by Crippen LogP contribution is 2.41. The summed E-state index contributed by atoms with van der Waals surface area (Å²) in [7, 11) is 3.59. The van der Waals surface area contributed by atoms with Crippen molar-refractivity contribution in [2.24, 2.45) is 4.99 Å². The number of carbonyl (C=O) groups is 1. The van der Waals surface area contributed by atoms with Crippen molar-refractivity contribution in [3.05, 3.63) is 53.1 Å². The summed E-state index contributed by atoms with van der Waals surface area (Å²) in [6.45, 7) is 3.47. The number of methoxy groups -OCH3 is 1. The molecule has 0 saturated carbocycles. The largest absolute Gasteiger partial charge is 0.422 e. The summed E-state index contributed by atoms with van der Waals surface area (Å²) in [6.07, 6.45) is -0.530. The SMILES string of the molecule is COCOC(=O)N1c2ccc(Cl)cc2N=C(N2CCN(C)CC2)c2ccccc21. The number of para-hydroxylation sites is 1. The van der Waals surface area contributed by atoms with Gasteiger partial charge in [-0.25, -0.2) is 14.7 Å². The van der Waals surface area contributed by atoms with Gasteiger partial charge in [0.25, 0.3) is 0 Å². The number of halogens is 1. The lowest BCUT2D eigenvalue weighted by Crippen LogP contribution is -2.47. The Balaban J connectivity index is 1.86. The summed E-state index contributed by atoms with van der Waals surface area (Å²) in [5.74, 6) is 0.833. The van der Waals surface area contributed by atoms with E-state index in [1.54, 1.807) is 18.2 Å². The Kier molecular flexibility index (Phi) is 5.71. The van der Waals surface area contributed by atoms with E-state index in [-0.39, 0.29) is 6.79 Å².